The fraction of sp³-hybridized carbons (Fsp3) is 0. The molecule has 0 saturated carbocycles. The standard InChI is InChI=1S/C11H7N3/c1-3-8-4-2-6-12-11-10(8)9(5-1)13-7-14-11/h1-7H. The van der Waals surface area contributed by atoms with Crippen LogP contribution in [0.3, 0.4) is 0 Å². The fourth-order valence-corrected chi connectivity index (χ4v) is 1.62. The van der Waals surface area contributed by atoms with Gasteiger partial charge in [-0.25, -0.2) is 15.0 Å². The minimum absolute atomic E-state index is 0.746. The van der Waals surface area contributed by atoms with Gasteiger partial charge in [0.2, 0.25) is 0 Å². The molecule has 0 bridgehead atoms. The van der Waals surface area contributed by atoms with E-state index < -0.39 is 0 Å². The Kier molecular flexibility index (Phi) is 1.44. The van der Waals surface area contributed by atoms with E-state index >= 15 is 0 Å². The molecular formula is C11H7N3. The van der Waals surface area contributed by atoms with Crippen LogP contribution in [0.25, 0.3) is 17.0 Å². The maximum Gasteiger partial charge on any atom is 0.163 e. The molecule has 0 spiro atoms. The molecule has 1 aliphatic heterocycles. The lowest BCUT2D eigenvalue weighted by molar-refractivity contribution is 1.20. The number of benzene rings is 1. The molecule has 0 aliphatic carbocycles. The second-order valence-corrected chi connectivity index (χ2v) is 3.08. The Morgan fingerprint density at radius 2 is 2.07 bits per heavy atom. The highest BCUT2D eigenvalue weighted by atomic mass is 14.9. The van der Waals surface area contributed by atoms with Gasteiger partial charge in [0.05, 0.1) is 10.9 Å². The largest absolute Gasteiger partial charge is 0.237 e. The Balaban J connectivity index is 2.56. The van der Waals surface area contributed by atoms with Crippen LogP contribution in [-0.2, 0) is 0 Å². The summed E-state index contributed by atoms with van der Waals surface area (Å²) in [6.45, 7) is 0. The second-order valence-electron chi connectivity index (χ2n) is 3.08. The van der Waals surface area contributed by atoms with E-state index in [1.165, 1.54) is 0 Å². The number of hydrogen-bond donors (Lipinski definition) is 0. The van der Waals surface area contributed by atoms with Crippen molar-refractivity contribution in [2.45, 2.75) is 0 Å². The van der Waals surface area contributed by atoms with Gasteiger partial charge >= 0.3 is 0 Å². The van der Waals surface area contributed by atoms with E-state index in [0.717, 1.165) is 22.3 Å². The van der Waals surface area contributed by atoms with Gasteiger partial charge in [-0.3, -0.25) is 0 Å². The van der Waals surface area contributed by atoms with Gasteiger partial charge in [-0.1, -0.05) is 18.2 Å². The molecule has 0 amide bonds. The number of hydrogen-bond acceptors (Lipinski definition) is 3. The lowest BCUT2D eigenvalue weighted by atomic mass is 10.1. The van der Waals surface area contributed by atoms with Crippen molar-refractivity contribution < 1.29 is 0 Å². The lowest BCUT2D eigenvalue weighted by Gasteiger charge is -2.01. The molecule has 0 fully saturated rings. The highest BCUT2D eigenvalue weighted by Crippen LogP contribution is 2.27. The van der Waals surface area contributed by atoms with Crippen LogP contribution in [-0.4, -0.2) is 16.2 Å². The monoisotopic (exact) mass is 181 g/mol. The van der Waals surface area contributed by atoms with Crippen molar-refractivity contribution in [1.29, 1.82) is 0 Å². The average Bonchev–Trinajstić information content (AvgIpc) is 2.44. The number of aliphatic imine (C=N–C) groups is 1. The zero-order chi connectivity index (χ0) is 9.38. The maximum atomic E-state index is 4.24. The molecule has 1 aliphatic rings. The third-order valence-electron chi connectivity index (χ3n) is 2.23. The van der Waals surface area contributed by atoms with Crippen LogP contribution in [0, 0.1) is 0 Å². The van der Waals surface area contributed by atoms with E-state index in [1.807, 2.05) is 30.4 Å². The quantitative estimate of drug-likeness (QED) is 0.625. The summed E-state index contributed by atoms with van der Waals surface area (Å²) in [5.41, 5.74) is 2.06. The highest BCUT2D eigenvalue weighted by molar-refractivity contribution is 6.00. The maximum absolute atomic E-state index is 4.24. The topological polar surface area (TPSA) is 38.1 Å². The minimum atomic E-state index is 0.746. The summed E-state index contributed by atoms with van der Waals surface area (Å²) < 4.78 is 0. The summed E-state index contributed by atoms with van der Waals surface area (Å²) in [5, 5.41) is 1.03. The molecule has 0 saturated heterocycles. The molecule has 2 heterocycles. The van der Waals surface area contributed by atoms with Crippen LogP contribution >= 0.6 is 0 Å². The Labute approximate surface area is 80.8 Å². The van der Waals surface area contributed by atoms with E-state index in [1.54, 1.807) is 12.5 Å². The first-order valence-corrected chi connectivity index (χ1v) is 4.39. The lowest BCUT2D eigenvalue weighted by Crippen LogP contribution is -1.84. The average molecular weight is 181 g/mol. The van der Waals surface area contributed by atoms with Gasteiger partial charge in [-0.05, 0) is 17.7 Å². The van der Waals surface area contributed by atoms with Crippen LogP contribution in [0.4, 0.5) is 5.82 Å². The molecule has 1 aromatic carbocycles. The Hall–Kier alpha value is -2.03. The zero-order valence-electron chi connectivity index (χ0n) is 7.38. The Morgan fingerprint density at radius 3 is 3.07 bits per heavy atom. The molecule has 0 atom stereocenters. The summed E-state index contributed by atoms with van der Waals surface area (Å²) in [7, 11) is 0. The second kappa shape index (κ2) is 2.73. The molecule has 3 nitrogen and oxygen atoms in total. The number of allylic oxidation sites excluding steroid dienone is 1. The summed E-state index contributed by atoms with van der Waals surface area (Å²) in [4.78, 5) is 12.6. The molecule has 2 aromatic rings. The predicted octanol–water partition coefficient (Wildman–Crippen LogP) is 2.36. The Morgan fingerprint density at radius 1 is 1.07 bits per heavy atom. The van der Waals surface area contributed by atoms with E-state index in [4.69, 9.17) is 0 Å². The van der Waals surface area contributed by atoms with E-state index in [-0.39, 0.29) is 0 Å². The molecule has 66 valence electrons. The van der Waals surface area contributed by atoms with Gasteiger partial charge in [-0.15, -0.1) is 0 Å². The normalized spacial score (nSPS) is 13.1. The van der Waals surface area contributed by atoms with Gasteiger partial charge in [0.25, 0.3) is 0 Å². The minimum Gasteiger partial charge on any atom is -0.237 e. The van der Waals surface area contributed by atoms with E-state index in [2.05, 4.69) is 15.0 Å². The smallest absolute Gasteiger partial charge is 0.163 e. The molecule has 0 N–H and O–H groups in total. The summed E-state index contributed by atoms with van der Waals surface area (Å²) >= 11 is 0. The molecule has 0 radical (unpaired) electrons. The number of nitrogens with zero attached hydrogens (tertiary/aromatic N) is 3. The van der Waals surface area contributed by atoms with Crippen molar-refractivity contribution in [2.24, 2.45) is 4.99 Å². The first kappa shape index (κ1) is 7.38. The Bertz CT molecular complexity index is 509. The van der Waals surface area contributed by atoms with Crippen molar-refractivity contribution in [3.8, 4) is 0 Å². The van der Waals surface area contributed by atoms with Gasteiger partial charge in [0, 0.05) is 6.21 Å². The van der Waals surface area contributed by atoms with Crippen molar-refractivity contribution >= 4 is 29.0 Å². The highest BCUT2D eigenvalue weighted by Gasteiger charge is 2.06. The molecule has 14 heavy (non-hydrogen) atoms. The fourth-order valence-electron chi connectivity index (χ4n) is 1.62. The van der Waals surface area contributed by atoms with Crippen molar-refractivity contribution in [3.05, 3.63) is 36.2 Å². The van der Waals surface area contributed by atoms with E-state index in [0.29, 0.717) is 0 Å². The summed E-state index contributed by atoms with van der Waals surface area (Å²) in [5.74, 6) is 0.746. The van der Waals surface area contributed by atoms with Crippen molar-refractivity contribution in [2.75, 3.05) is 0 Å². The van der Waals surface area contributed by atoms with Crippen molar-refractivity contribution in [1.82, 2.24) is 9.97 Å². The summed E-state index contributed by atoms with van der Waals surface area (Å²) in [6.07, 6.45) is 7.23. The van der Waals surface area contributed by atoms with Gasteiger partial charge in [0.1, 0.15) is 6.33 Å². The van der Waals surface area contributed by atoms with Gasteiger partial charge in [0.15, 0.2) is 5.82 Å². The van der Waals surface area contributed by atoms with Gasteiger partial charge in [-0.2, -0.15) is 0 Å². The van der Waals surface area contributed by atoms with Crippen LogP contribution < -0.4 is 0 Å². The van der Waals surface area contributed by atoms with Gasteiger partial charge < -0.3 is 0 Å². The van der Waals surface area contributed by atoms with Crippen LogP contribution in [0.15, 0.2) is 35.6 Å². The van der Waals surface area contributed by atoms with Crippen LogP contribution in [0.1, 0.15) is 5.56 Å². The zero-order valence-corrected chi connectivity index (χ0v) is 7.38. The molecule has 0 unspecified atom stereocenters. The molecular weight excluding hydrogens is 174 g/mol. The third-order valence-corrected chi connectivity index (χ3v) is 2.23. The molecule has 3 heteroatoms. The first-order valence-electron chi connectivity index (χ1n) is 4.39. The number of aromatic nitrogens is 2. The number of rotatable bonds is 0. The third kappa shape index (κ3) is 0.956. The first-order chi connectivity index (χ1) is 6.95. The van der Waals surface area contributed by atoms with Crippen molar-refractivity contribution in [3.63, 3.8) is 0 Å². The van der Waals surface area contributed by atoms with Crippen LogP contribution in [0.2, 0.25) is 0 Å². The SMILES string of the molecule is C1=Cc2cccc3ncnc(c23)N=C1. The summed E-state index contributed by atoms with van der Waals surface area (Å²) in [6, 6.07) is 6.00. The molecule has 3 rings (SSSR count). The predicted molar refractivity (Wildman–Crippen MR) is 56.7 cm³/mol. The van der Waals surface area contributed by atoms with Crippen LogP contribution in [0.5, 0.6) is 0 Å². The van der Waals surface area contributed by atoms with E-state index in [9.17, 15) is 0 Å². The molecule has 1 aromatic heterocycles.